The Balaban J connectivity index is 2.00. The highest BCUT2D eigenvalue weighted by atomic mass is 32.3. The van der Waals surface area contributed by atoms with Gasteiger partial charge in [0.25, 0.3) is 11.1 Å². The van der Waals surface area contributed by atoms with Gasteiger partial charge < -0.3 is 0 Å². The monoisotopic (exact) mass is 387 g/mol. The van der Waals surface area contributed by atoms with Gasteiger partial charge in [0.2, 0.25) is 13.9 Å². The molecule has 0 aromatic heterocycles. The number of amides is 2. The SMILES string of the molecule is Cc1ccc(S(=O)(=O)C2(CC=Cc3ccccc3)SC(=O)NC2=O)cc1. The Hall–Kier alpha value is -2.38. The maximum atomic E-state index is 13.2. The van der Waals surface area contributed by atoms with Crippen molar-refractivity contribution in [2.45, 2.75) is 22.3 Å². The molecule has 1 aliphatic rings. The quantitative estimate of drug-likeness (QED) is 0.849. The number of allylic oxidation sites excluding steroid dienone is 1. The highest BCUT2D eigenvalue weighted by Gasteiger charge is 2.57. The Bertz CT molecular complexity index is 966. The van der Waals surface area contributed by atoms with Crippen LogP contribution in [-0.2, 0) is 14.6 Å². The molecule has 2 aromatic carbocycles. The Kier molecular flexibility index (Phi) is 5.02. The number of nitrogens with one attached hydrogen (secondary N) is 1. The molecule has 2 amide bonds. The maximum Gasteiger partial charge on any atom is 0.287 e. The molecule has 0 saturated carbocycles. The van der Waals surface area contributed by atoms with E-state index < -0.39 is 25.1 Å². The van der Waals surface area contributed by atoms with Crippen LogP contribution < -0.4 is 5.32 Å². The van der Waals surface area contributed by atoms with Crippen molar-refractivity contribution in [3.63, 3.8) is 0 Å². The van der Waals surface area contributed by atoms with Crippen LogP contribution in [0.3, 0.4) is 0 Å². The van der Waals surface area contributed by atoms with Crippen LogP contribution >= 0.6 is 11.8 Å². The molecular formula is C19H17NO4S2. The standard InChI is InChI=1S/C19H17NO4S2/c1-14-9-11-16(12-10-14)26(23,24)19(17(21)20-18(22)25-19)13-5-8-15-6-3-2-4-7-15/h2-12H,13H2,1H3,(H,20,21,22). The van der Waals surface area contributed by atoms with E-state index in [1.54, 1.807) is 24.3 Å². The first-order valence-corrected chi connectivity index (χ1v) is 10.2. The van der Waals surface area contributed by atoms with Crippen molar-refractivity contribution in [2.24, 2.45) is 0 Å². The average Bonchev–Trinajstić information content (AvgIpc) is 2.91. The van der Waals surface area contributed by atoms with E-state index in [1.807, 2.05) is 37.3 Å². The second-order valence-corrected chi connectivity index (χ2v) is 9.64. The summed E-state index contributed by atoms with van der Waals surface area (Å²) >= 11 is 0.523. The number of hydrogen-bond donors (Lipinski definition) is 1. The van der Waals surface area contributed by atoms with E-state index in [4.69, 9.17) is 0 Å². The van der Waals surface area contributed by atoms with Gasteiger partial charge in [-0.05, 0) is 36.4 Å². The van der Waals surface area contributed by atoms with Crippen molar-refractivity contribution in [3.05, 3.63) is 71.8 Å². The van der Waals surface area contributed by atoms with E-state index in [9.17, 15) is 18.0 Å². The number of sulfone groups is 1. The lowest BCUT2D eigenvalue weighted by Crippen LogP contribution is -2.43. The maximum absolute atomic E-state index is 13.2. The highest BCUT2D eigenvalue weighted by molar-refractivity contribution is 8.25. The molecule has 134 valence electrons. The zero-order valence-electron chi connectivity index (χ0n) is 14.0. The van der Waals surface area contributed by atoms with Gasteiger partial charge in [-0.15, -0.1) is 0 Å². The molecule has 1 unspecified atom stereocenters. The molecule has 1 fully saturated rings. The van der Waals surface area contributed by atoms with Gasteiger partial charge >= 0.3 is 0 Å². The highest BCUT2D eigenvalue weighted by Crippen LogP contribution is 2.43. The van der Waals surface area contributed by atoms with Crippen LogP contribution in [0.25, 0.3) is 6.08 Å². The number of rotatable bonds is 5. The summed E-state index contributed by atoms with van der Waals surface area (Å²) in [5, 5.41) is 1.46. The molecule has 2 aromatic rings. The fourth-order valence-corrected chi connectivity index (χ4v) is 5.86. The van der Waals surface area contributed by atoms with Gasteiger partial charge in [0.15, 0.2) is 0 Å². The smallest absolute Gasteiger partial charge is 0.285 e. The first-order valence-electron chi connectivity index (χ1n) is 7.92. The predicted octanol–water partition coefficient (Wildman–Crippen LogP) is 3.55. The van der Waals surface area contributed by atoms with Crippen molar-refractivity contribution in [2.75, 3.05) is 0 Å². The summed E-state index contributed by atoms with van der Waals surface area (Å²) in [5.41, 5.74) is 1.78. The number of carbonyl (C=O) groups is 2. The van der Waals surface area contributed by atoms with Crippen LogP contribution in [0.2, 0.25) is 0 Å². The number of thioether (sulfide) groups is 1. The summed E-state index contributed by atoms with van der Waals surface area (Å²) in [6.07, 6.45) is 3.25. The van der Waals surface area contributed by atoms with Gasteiger partial charge in [-0.1, -0.05) is 60.2 Å². The molecule has 7 heteroatoms. The van der Waals surface area contributed by atoms with E-state index in [0.717, 1.165) is 11.1 Å². The molecule has 0 bridgehead atoms. The van der Waals surface area contributed by atoms with Crippen LogP contribution in [0.1, 0.15) is 17.5 Å². The molecular weight excluding hydrogens is 370 g/mol. The van der Waals surface area contributed by atoms with Gasteiger partial charge in [0.1, 0.15) is 0 Å². The van der Waals surface area contributed by atoms with Crippen LogP contribution in [-0.4, -0.2) is 23.6 Å². The third-order valence-electron chi connectivity index (χ3n) is 4.08. The number of imide groups is 1. The van der Waals surface area contributed by atoms with Gasteiger partial charge in [0.05, 0.1) is 4.90 Å². The Morgan fingerprint density at radius 2 is 1.69 bits per heavy atom. The molecule has 3 rings (SSSR count). The van der Waals surface area contributed by atoms with E-state index in [0.29, 0.717) is 11.8 Å². The average molecular weight is 387 g/mol. The molecule has 1 heterocycles. The van der Waals surface area contributed by atoms with Crippen molar-refractivity contribution in [3.8, 4) is 0 Å². The van der Waals surface area contributed by atoms with Gasteiger partial charge in [-0.2, -0.15) is 0 Å². The minimum atomic E-state index is -4.07. The van der Waals surface area contributed by atoms with Gasteiger partial charge in [-0.3, -0.25) is 14.9 Å². The van der Waals surface area contributed by atoms with Crippen LogP contribution in [0, 0.1) is 6.92 Å². The zero-order chi connectivity index (χ0) is 18.8. The van der Waals surface area contributed by atoms with E-state index >= 15 is 0 Å². The third kappa shape index (κ3) is 3.32. The Labute approximate surface area is 156 Å². The fraction of sp³-hybridized carbons (Fsp3) is 0.158. The molecule has 1 atom stereocenters. The Morgan fingerprint density at radius 3 is 2.27 bits per heavy atom. The van der Waals surface area contributed by atoms with Crippen molar-refractivity contribution < 1.29 is 18.0 Å². The molecule has 0 spiro atoms. The number of benzene rings is 2. The summed E-state index contributed by atoms with van der Waals surface area (Å²) in [4.78, 5) is 24.3. The van der Waals surface area contributed by atoms with Crippen molar-refractivity contribution >= 4 is 38.8 Å². The van der Waals surface area contributed by atoms with Crippen molar-refractivity contribution in [1.82, 2.24) is 5.32 Å². The molecule has 1 saturated heterocycles. The fourth-order valence-electron chi connectivity index (χ4n) is 2.65. The lowest BCUT2D eigenvalue weighted by molar-refractivity contribution is -0.119. The summed E-state index contributed by atoms with van der Waals surface area (Å²) < 4.78 is 24.5. The Morgan fingerprint density at radius 1 is 1.04 bits per heavy atom. The van der Waals surface area contributed by atoms with Crippen molar-refractivity contribution in [1.29, 1.82) is 0 Å². The summed E-state index contributed by atoms with van der Waals surface area (Å²) in [7, 11) is -4.07. The number of aryl methyl sites for hydroxylation is 1. The topological polar surface area (TPSA) is 80.3 Å². The van der Waals surface area contributed by atoms with E-state index in [2.05, 4.69) is 5.32 Å². The molecule has 26 heavy (non-hydrogen) atoms. The minimum absolute atomic E-state index is 0.0218. The normalized spacial score (nSPS) is 20.5. The summed E-state index contributed by atoms with van der Waals surface area (Å²) in [6.45, 7) is 1.84. The predicted molar refractivity (Wildman–Crippen MR) is 102 cm³/mol. The first kappa shape index (κ1) is 18.4. The second kappa shape index (κ2) is 7.09. The largest absolute Gasteiger partial charge is 0.287 e. The lowest BCUT2D eigenvalue weighted by Gasteiger charge is -2.23. The summed E-state index contributed by atoms with van der Waals surface area (Å²) in [6, 6.07) is 15.6. The summed E-state index contributed by atoms with van der Waals surface area (Å²) in [5.74, 6) is -0.800. The molecule has 0 radical (unpaired) electrons. The lowest BCUT2D eigenvalue weighted by atomic mass is 10.2. The minimum Gasteiger partial charge on any atom is -0.285 e. The van der Waals surface area contributed by atoms with Crippen LogP contribution in [0.5, 0.6) is 0 Å². The van der Waals surface area contributed by atoms with Crippen LogP contribution in [0.4, 0.5) is 4.79 Å². The number of hydrogen-bond acceptors (Lipinski definition) is 5. The molecule has 1 N–H and O–H groups in total. The third-order valence-corrected chi connectivity index (χ3v) is 8.07. The van der Waals surface area contributed by atoms with Gasteiger partial charge in [0, 0.05) is 6.42 Å². The van der Waals surface area contributed by atoms with E-state index in [1.165, 1.54) is 12.1 Å². The zero-order valence-corrected chi connectivity index (χ0v) is 15.6. The molecule has 1 aliphatic heterocycles. The van der Waals surface area contributed by atoms with Crippen LogP contribution in [0.15, 0.2) is 65.6 Å². The van der Waals surface area contributed by atoms with Gasteiger partial charge in [-0.25, -0.2) is 8.42 Å². The molecule has 5 nitrogen and oxygen atoms in total. The second-order valence-electron chi connectivity index (χ2n) is 5.93. The number of carbonyl (C=O) groups excluding carboxylic acids is 2. The first-order chi connectivity index (χ1) is 12.3. The van der Waals surface area contributed by atoms with E-state index in [-0.39, 0.29) is 11.3 Å². The molecule has 0 aliphatic carbocycles.